The van der Waals surface area contributed by atoms with E-state index in [2.05, 4.69) is 5.32 Å². The smallest absolute Gasteiger partial charge is 0.307 e. The average molecular weight is 409 g/mol. The molecule has 0 aliphatic carbocycles. The maximum absolute atomic E-state index is 12.1. The molecule has 9 heteroatoms. The number of amides is 2. The molecular weight excluding hydrogens is 392 g/mol. The minimum atomic E-state index is -1.09. The van der Waals surface area contributed by atoms with Crippen molar-refractivity contribution in [2.24, 2.45) is 5.73 Å². The second-order valence-electron chi connectivity index (χ2n) is 5.58. The molecule has 1 aromatic carbocycles. The van der Waals surface area contributed by atoms with Crippen LogP contribution in [0.1, 0.15) is 40.5 Å². The van der Waals surface area contributed by atoms with Gasteiger partial charge < -0.3 is 15.8 Å². The number of anilines is 1. The number of carbonyl (C=O) groups excluding carboxylic acids is 4. The van der Waals surface area contributed by atoms with Gasteiger partial charge in [0.25, 0.3) is 11.8 Å². The minimum Gasteiger partial charge on any atom is -0.453 e. The van der Waals surface area contributed by atoms with Gasteiger partial charge in [-0.2, -0.15) is 0 Å². The van der Waals surface area contributed by atoms with Crippen molar-refractivity contribution < 1.29 is 23.9 Å². The number of Topliss-reactive ketones (excluding diaryl/α,β-unsaturated/α-hetero) is 1. The molecule has 1 aromatic heterocycles. The van der Waals surface area contributed by atoms with Crippen molar-refractivity contribution in [1.29, 1.82) is 0 Å². The Balaban J connectivity index is 1.83. The Hall–Kier alpha value is -2.71. The lowest BCUT2D eigenvalue weighted by molar-refractivity contribution is -0.153. The van der Waals surface area contributed by atoms with Crippen molar-refractivity contribution in [3.63, 3.8) is 0 Å². The van der Waals surface area contributed by atoms with E-state index in [4.69, 9.17) is 22.1 Å². The standard InChI is InChI=1S/C18H17ClN2O5S/c1-10(17(25)21-18-13(16(20)24)8-9-27-18)26-15(23)7-6-14(22)11-2-4-12(19)5-3-11/h2-5,8-10H,6-7H2,1H3,(H2,20,24)(H,21,25). The van der Waals surface area contributed by atoms with Gasteiger partial charge in [0.05, 0.1) is 12.0 Å². The van der Waals surface area contributed by atoms with Gasteiger partial charge in [-0.3, -0.25) is 19.2 Å². The zero-order valence-corrected chi connectivity index (χ0v) is 15.9. The van der Waals surface area contributed by atoms with E-state index in [1.807, 2.05) is 0 Å². The number of ether oxygens (including phenoxy) is 1. The van der Waals surface area contributed by atoms with Crippen LogP contribution in [0.15, 0.2) is 35.7 Å². The van der Waals surface area contributed by atoms with Crippen LogP contribution in [0.2, 0.25) is 5.02 Å². The first kappa shape index (κ1) is 20.6. The van der Waals surface area contributed by atoms with E-state index < -0.39 is 23.9 Å². The molecule has 2 rings (SSSR count). The fourth-order valence-electron chi connectivity index (χ4n) is 2.12. The summed E-state index contributed by atoms with van der Waals surface area (Å²) in [7, 11) is 0. The van der Waals surface area contributed by atoms with E-state index >= 15 is 0 Å². The van der Waals surface area contributed by atoms with Gasteiger partial charge in [0.2, 0.25) is 0 Å². The van der Waals surface area contributed by atoms with Gasteiger partial charge in [0, 0.05) is 17.0 Å². The molecule has 0 saturated heterocycles. The van der Waals surface area contributed by atoms with E-state index in [1.54, 1.807) is 29.6 Å². The van der Waals surface area contributed by atoms with Gasteiger partial charge in [-0.15, -0.1) is 11.3 Å². The fraction of sp³-hybridized carbons (Fsp3) is 0.222. The number of nitrogens with one attached hydrogen (secondary N) is 1. The summed E-state index contributed by atoms with van der Waals surface area (Å²) in [6.45, 7) is 1.39. The maximum atomic E-state index is 12.1. The quantitative estimate of drug-likeness (QED) is 0.514. The van der Waals surface area contributed by atoms with Crippen LogP contribution in [0.25, 0.3) is 0 Å². The summed E-state index contributed by atoms with van der Waals surface area (Å²) < 4.78 is 5.03. The van der Waals surface area contributed by atoms with Crippen molar-refractivity contribution in [3.05, 3.63) is 51.9 Å². The van der Waals surface area contributed by atoms with E-state index in [1.165, 1.54) is 13.0 Å². The first-order valence-electron chi connectivity index (χ1n) is 7.94. The average Bonchev–Trinajstić information content (AvgIpc) is 3.08. The number of ketones is 1. The highest BCUT2D eigenvalue weighted by Crippen LogP contribution is 2.23. The summed E-state index contributed by atoms with van der Waals surface area (Å²) in [4.78, 5) is 47.2. The molecule has 0 bridgehead atoms. The molecule has 7 nitrogen and oxygen atoms in total. The molecule has 0 saturated carbocycles. The summed E-state index contributed by atoms with van der Waals surface area (Å²) in [6.07, 6.45) is -1.30. The summed E-state index contributed by atoms with van der Waals surface area (Å²) in [5.41, 5.74) is 5.83. The monoisotopic (exact) mass is 408 g/mol. The van der Waals surface area contributed by atoms with Gasteiger partial charge in [-0.1, -0.05) is 11.6 Å². The van der Waals surface area contributed by atoms with E-state index in [-0.39, 0.29) is 29.2 Å². The minimum absolute atomic E-state index is 0.0500. The van der Waals surface area contributed by atoms with Crippen LogP contribution >= 0.6 is 22.9 Å². The lowest BCUT2D eigenvalue weighted by atomic mass is 10.1. The molecule has 0 fully saturated rings. The Morgan fingerprint density at radius 1 is 1.15 bits per heavy atom. The van der Waals surface area contributed by atoms with Crippen LogP contribution in [0.3, 0.4) is 0 Å². The number of hydrogen-bond acceptors (Lipinski definition) is 6. The highest BCUT2D eigenvalue weighted by atomic mass is 35.5. The van der Waals surface area contributed by atoms with Gasteiger partial charge in [-0.25, -0.2) is 0 Å². The number of esters is 1. The van der Waals surface area contributed by atoms with Crippen molar-refractivity contribution in [1.82, 2.24) is 0 Å². The van der Waals surface area contributed by atoms with Gasteiger partial charge >= 0.3 is 5.97 Å². The maximum Gasteiger partial charge on any atom is 0.307 e. The lowest BCUT2D eigenvalue weighted by Gasteiger charge is -2.13. The zero-order chi connectivity index (χ0) is 20.0. The number of carbonyl (C=O) groups is 4. The fourth-order valence-corrected chi connectivity index (χ4v) is 3.04. The number of halogens is 1. The molecule has 27 heavy (non-hydrogen) atoms. The molecular formula is C18H17ClN2O5S. The summed E-state index contributed by atoms with van der Waals surface area (Å²) in [5.74, 6) is -2.18. The van der Waals surface area contributed by atoms with E-state index in [9.17, 15) is 19.2 Å². The van der Waals surface area contributed by atoms with Crippen LogP contribution in [-0.2, 0) is 14.3 Å². The topological polar surface area (TPSA) is 116 Å². The first-order valence-corrected chi connectivity index (χ1v) is 9.20. The van der Waals surface area contributed by atoms with Gasteiger partial charge in [-0.05, 0) is 42.6 Å². The molecule has 1 heterocycles. The Labute approximate surface area is 164 Å². The number of benzene rings is 1. The third kappa shape index (κ3) is 5.90. The Morgan fingerprint density at radius 2 is 1.81 bits per heavy atom. The molecule has 3 N–H and O–H groups in total. The molecule has 0 aliphatic heterocycles. The predicted octanol–water partition coefficient (Wildman–Crippen LogP) is 3.03. The molecule has 0 aliphatic rings. The predicted molar refractivity (Wildman–Crippen MR) is 102 cm³/mol. The normalized spacial score (nSPS) is 11.5. The Morgan fingerprint density at radius 3 is 2.44 bits per heavy atom. The molecule has 1 unspecified atom stereocenters. The first-order chi connectivity index (χ1) is 12.8. The zero-order valence-electron chi connectivity index (χ0n) is 14.4. The highest BCUT2D eigenvalue weighted by Gasteiger charge is 2.21. The summed E-state index contributed by atoms with van der Waals surface area (Å²) in [5, 5.41) is 4.90. The largest absolute Gasteiger partial charge is 0.453 e. The van der Waals surface area contributed by atoms with E-state index in [0.717, 1.165) is 11.3 Å². The number of thiophene rings is 1. The van der Waals surface area contributed by atoms with Gasteiger partial charge in [0.15, 0.2) is 11.9 Å². The number of rotatable bonds is 8. The molecule has 142 valence electrons. The molecule has 0 spiro atoms. The van der Waals surface area contributed by atoms with Crippen LogP contribution in [0.4, 0.5) is 5.00 Å². The van der Waals surface area contributed by atoms with Crippen LogP contribution in [0.5, 0.6) is 0 Å². The summed E-state index contributed by atoms with van der Waals surface area (Å²) >= 11 is 6.89. The van der Waals surface area contributed by atoms with Crippen LogP contribution < -0.4 is 11.1 Å². The second kappa shape index (κ2) is 9.29. The van der Waals surface area contributed by atoms with Crippen molar-refractivity contribution in [3.8, 4) is 0 Å². The SMILES string of the molecule is CC(OC(=O)CCC(=O)c1ccc(Cl)cc1)C(=O)Nc1sccc1C(N)=O. The third-order valence-electron chi connectivity index (χ3n) is 3.57. The molecule has 2 aromatic rings. The molecule has 2 amide bonds. The Kier molecular flexibility index (Phi) is 7.09. The van der Waals surface area contributed by atoms with Crippen LogP contribution in [0, 0.1) is 0 Å². The number of hydrogen-bond donors (Lipinski definition) is 2. The van der Waals surface area contributed by atoms with Gasteiger partial charge in [0.1, 0.15) is 5.00 Å². The van der Waals surface area contributed by atoms with Crippen molar-refractivity contribution >= 4 is 51.5 Å². The summed E-state index contributed by atoms with van der Waals surface area (Å²) in [6, 6.07) is 7.81. The lowest BCUT2D eigenvalue weighted by Crippen LogP contribution is -2.30. The van der Waals surface area contributed by atoms with Crippen molar-refractivity contribution in [2.45, 2.75) is 25.9 Å². The van der Waals surface area contributed by atoms with Crippen LogP contribution in [-0.4, -0.2) is 29.7 Å². The Bertz CT molecular complexity index is 863. The molecule has 0 radical (unpaired) electrons. The second-order valence-corrected chi connectivity index (χ2v) is 6.93. The van der Waals surface area contributed by atoms with Crippen molar-refractivity contribution in [2.75, 3.05) is 5.32 Å². The number of nitrogens with two attached hydrogens (primary N) is 1. The van der Waals surface area contributed by atoms with E-state index in [0.29, 0.717) is 10.6 Å². The molecule has 1 atom stereocenters. The third-order valence-corrected chi connectivity index (χ3v) is 4.65. The number of primary amides is 1. The highest BCUT2D eigenvalue weighted by molar-refractivity contribution is 7.14.